The lowest BCUT2D eigenvalue weighted by Gasteiger charge is -2.01. The van der Waals surface area contributed by atoms with Crippen LogP contribution in [0.25, 0.3) is 0 Å². The molecule has 1 nitrogen and oxygen atoms in total. The molecule has 68 valence electrons. The highest BCUT2D eigenvalue weighted by molar-refractivity contribution is 7.37. The Morgan fingerprint density at radius 3 is 2.55 bits per heavy atom. The van der Waals surface area contributed by atoms with Crippen LogP contribution < -0.4 is 0 Å². The van der Waals surface area contributed by atoms with Crippen molar-refractivity contribution in [3.63, 3.8) is 0 Å². The number of ether oxygens (including phenoxy) is 1. The normalized spacial score (nSPS) is 11.5. The summed E-state index contributed by atoms with van der Waals surface area (Å²) in [5.74, 6) is 0. The van der Waals surface area contributed by atoms with Gasteiger partial charge in [0.25, 0.3) is 0 Å². The van der Waals surface area contributed by atoms with E-state index in [4.69, 9.17) is 4.74 Å². The summed E-state index contributed by atoms with van der Waals surface area (Å²) < 4.78 is 5.44. The Balaban J connectivity index is 2.69. The molecule has 0 heterocycles. The predicted molar refractivity (Wildman–Crippen MR) is 54.1 cm³/mol. The molecule has 0 aromatic rings. The maximum absolute atomic E-state index is 5.44. The van der Waals surface area contributed by atoms with Gasteiger partial charge in [-0.15, -0.1) is 8.58 Å². The van der Waals surface area contributed by atoms with Gasteiger partial charge >= 0.3 is 0 Å². The Morgan fingerprint density at radius 2 is 1.91 bits per heavy atom. The van der Waals surface area contributed by atoms with Crippen LogP contribution in [-0.4, -0.2) is 25.5 Å². The first-order valence-corrected chi connectivity index (χ1v) is 6.11. The monoisotopic (exact) mass is 176 g/mol. The summed E-state index contributed by atoms with van der Waals surface area (Å²) in [5, 5.41) is 0. The minimum atomic E-state index is 0.974. The minimum Gasteiger partial charge on any atom is -0.381 e. The Morgan fingerprint density at radius 1 is 1.09 bits per heavy atom. The van der Waals surface area contributed by atoms with Crippen LogP contribution in [0.15, 0.2) is 0 Å². The summed E-state index contributed by atoms with van der Waals surface area (Å²) in [6, 6.07) is 0. The highest BCUT2D eigenvalue weighted by Crippen LogP contribution is 2.06. The van der Waals surface area contributed by atoms with Crippen LogP contribution in [0.5, 0.6) is 0 Å². The van der Waals surface area contributed by atoms with Crippen molar-refractivity contribution in [1.29, 1.82) is 0 Å². The highest BCUT2D eigenvalue weighted by Gasteiger charge is 1.87. The first kappa shape index (κ1) is 11.4. The zero-order valence-electron chi connectivity index (χ0n) is 7.86. The molecule has 11 heavy (non-hydrogen) atoms. The van der Waals surface area contributed by atoms with Gasteiger partial charge in [0.05, 0.1) is 6.61 Å². The lowest BCUT2D eigenvalue weighted by atomic mass is 10.3. The third-order valence-electron chi connectivity index (χ3n) is 1.57. The van der Waals surface area contributed by atoms with Crippen LogP contribution in [0.3, 0.4) is 0 Å². The molecular formula is C9H21OP. The van der Waals surface area contributed by atoms with Crippen LogP contribution in [0.2, 0.25) is 0 Å². The first-order valence-electron chi connectivity index (χ1n) is 4.70. The Bertz CT molecular complexity index is 58.6. The van der Waals surface area contributed by atoms with E-state index in [0.717, 1.165) is 21.8 Å². The zero-order chi connectivity index (χ0) is 8.36. The second kappa shape index (κ2) is 10.4. The van der Waals surface area contributed by atoms with E-state index >= 15 is 0 Å². The van der Waals surface area contributed by atoms with Crippen LogP contribution >= 0.6 is 8.58 Å². The van der Waals surface area contributed by atoms with Gasteiger partial charge in [-0.05, 0) is 18.7 Å². The lowest BCUT2D eigenvalue weighted by molar-refractivity contribution is 0.145. The van der Waals surface area contributed by atoms with Crippen molar-refractivity contribution in [3.8, 4) is 0 Å². The van der Waals surface area contributed by atoms with Crippen molar-refractivity contribution < 1.29 is 4.74 Å². The molecule has 0 bridgehead atoms. The lowest BCUT2D eigenvalue weighted by Crippen LogP contribution is -1.98. The van der Waals surface area contributed by atoms with Crippen molar-refractivity contribution in [2.45, 2.75) is 33.1 Å². The molecule has 0 saturated carbocycles. The third kappa shape index (κ3) is 10.4. The number of hydrogen-bond acceptors (Lipinski definition) is 1. The van der Waals surface area contributed by atoms with E-state index in [1.807, 2.05) is 0 Å². The molecule has 0 amide bonds. The minimum absolute atomic E-state index is 0.974. The summed E-state index contributed by atoms with van der Waals surface area (Å²) in [6.07, 6.45) is 6.43. The van der Waals surface area contributed by atoms with Crippen molar-refractivity contribution in [2.75, 3.05) is 25.5 Å². The van der Waals surface area contributed by atoms with Gasteiger partial charge in [0, 0.05) is 6.61 Å². The van der Waals surface area contributed by atoms with E-state index in [1.54, 1.807) is 0 Å². The fourth-order valence-electron chi connectivity index (χ4n) is 0.877. The van der Waals surface area contributed by atoms with Gasteiger partial charge in [0.2, 0.25) is 0 Å². The molecule has 1 unspecified atom stereocenters. The standard InChI is InChI=1S/C9H21OP/c1-3-5-6-7-10-8-9-11-4-2/h11H,3-9H2,1-2H3. The summed E-state index contributed by atoms with van der Waals surface area (Å²) in [6.45, 7) is 6.41. The summed E-state index contributed by atoms with van der Waals surface area (Å²) >= 11 is 0. The van der Waals surface area contributed by atoms with E-state index in [9.17, 15) is 0 Å². The van der Waals surface area contributed by atoms with Gasteiger partial charge in [0.1, 0.15) is 0 Å². The molecule has 0 aliphatic rings. The van der Waals surface area contributed by atoms with E-state index < -0.39 is 0 Å². The van der Waals surface area contributed by atoms with E-state index in [0.29, 0.717) is 0 Å². The molecular weight excluding hydrogens is 155 g/mol. The van der Waals surface area contributed by atoms with E-state index in [1.165, 1.54) is 31.6 Å². The summed E-state index contributed by atoms with van der Waals surface area (Å²) in [7, 11) is 1.10. The third-order valence-corrected chi connectivity index (χ3v) is 2.62. The molecule has 0 aromatic heterocycles. The van der Waals surface area contributed by atoms with E-state index in [-0.39, 0.29) is 0 Å². The predicted octanol–water partition coefficient (Wildman–Crippen LogP) is 2.89. The van der Waals surface area contributed by atoms with Gasteiger partial charge in [-0.2, -0.15) is 0 Å². The topological polar surface area (TPSA) is 9.23 Å². The number of unbranched alkanes of at least 4 members (excludes halogenated alkanes) is 2. The van der Waals surface area contributed by atoms with Crippen LogP contribution in [0.1, 0.15) is 33.1 Å². The largest absolute Gasteiger partial charge is 0.381 e. The van der Waals surface area contributed by atoms with Crippen LogP contribution in [0, 0.1) is 0 Å². The van der Waals surface area contributed by atoms with Gasteiger partial charge in [-0.1, -0.05) is 26.7 Å². The van der Waals surface area contributed by atoms with Crippen molar-refractivity contribution >= 4 is 8.58 Å². The fourth-order valence-corrected chi connectivity index (χ4v) is 1.52. The molecule has 0 radical (unpaired) electrons. The fraction of sp³-hybridized carbons (Fsp3) is 1.00. The summed E-state index contributed by atoms with van der Waals surface area (Å²) in [5.41, 5.74) is 0. The molecule has 0 N–H and O–H groups in total. The SMILES string of the molecule is CCCCCOCCPCC. The molecule has 0 spiro atoms. The van der Waals surface area contributed by atoms with Gasteiger partial charge in [-0.25, -0.2) is 0 Å². The van der Waals surface area contributed by atoms with Crippen molar-refractivity contribution in [2.24, 2.45) is 0 Å². The maximum atomic E-state index is 5.44. The number of hydrogen-bond donors (Lipinski definition) is 0. The Kier molecular flexibility index (Phi) is 10.8. The Labute approximate surface area is 72.7 Å². The molecule has 0 fully saturated rings. The van der Waals surface area contributed by atoms with E-state index in [2.05, 4.69) is 13.8 Å². The van der Waals surface area contributed by atoms with Crippen LogP contribution in [0.4, 0.5) is 0 Å². The molecule has 1 atom stereocenters. The summed E-state index contributed by atoms with van der Waals surface area (Å²) in [4.78, 5) is 0. The molecule has 0 aliphatic heterocycles. The van der Waals surface area contributed by atoms with Crippen molar-refractivity contribution in [3.05, 3.63) is 0 Å². The maximum Gasteiger partial charge on any atom is 0.0502 e. The number of rotatable bonds is 8. The molecule has 0 rings (SSSR count). The molecule has 0 aliphatic carbocycles. The van der Waals surface area contributed by atoms with Crippen LogP contribution in [-0.2, 0) is 4.74 Å². The van der Waals surface area contributed by atoms with Crippen molar-refractivity contribution in [1.82, 2.24) is 0 Å². The van der Waals surface area contributed by atoms with Gasteiger partial charge in [0.15, 0.2) is 0 Å². The average Bonchev–Trinajstić information content (AvgIpc) is 2.03. The van der Waals surface area contributed by atoms with Gasteiger partial charge in [-0.3, -0.25) is 0 Å². The average molecular weight is 176 g/mol. The zero-order valence-corrected chi connectivity index (χ0v) is 8.86. The quantitative estimate of drug-likeness (QED) is 0.408. The molecule has 0 saturated heterocycles. The highest BCUT2D eigenvalue weighted by atomic mass is 31.1. The first-order chi connectivity index (χ1) is 5.41. The van der Waals surface area contributed by atoms with Gasteiger partial charge < -0.3 is 4.74 Å². The second-order valence-corrected chi connectivity index (χ2v) is 4.38. The Hall–Kier alpha value is 0.390. The second-order valence-electron chi connectivity index (χ2n) is 2.67. The smallest absolute Gasteiger partial charge is 0.0502 e. The molecule has 0 aromatic carbocycles. The molecule has 2 heteroatoms.